The maximum Gasteiger partial charge on any atom is 0.251 e. The van der Waals surface area contributed by atoms with E-state index >= 15 is 0 Å². The van der Waals surface area contributed by atoms with Gasteiger partial charge in [0.25, 0.3) is 5.91 Å². The quantitative estimate of drug-likeness (QED) is 0.712. The summed E-state index contributed by atoms with van der Waals surface area (Å²) in [6, 6.07) is 13.7. The summed E-state index contributed by atoms with van der Waals surface area (Å²) in [5.74, 6) is -1.25. The van der Waals surface area contributed by atoms with Gasteiger partial charge in [-0.05, 0) is 48.2 Å². The van der Waals surface area contributed by atoms with Crippen molar-refractivity contribution in [1.29, 1.82) is 0 Å². The summed E-state index contributed by atoms with van der Waals surface area (Å²) in [6.45, 7) is 0.765. The number of carbonyl (C=O) groups excluding carboxylic acids is 2. The molecular weight excluding hydrogens is 419 g/mol. The highest BCUT2D eigenvalue weighted by molar-refractivity contribution is 7.90. The summed E-state index contributed by atoms with van der Waals surface area (Å²) in [7, 11) is -3.30. The van der Waals surface area contributed by atoms with Crippen LogP contribution in [0.25, 0.3) is 5.57 Å². The average molecular weight is 445 g/mol. The van der Waals surface area contributed by atoms with Crippen LogP contribution in [0.1, 0.15) is 28.8 Å². The van der Waals surface area contributed by atoms with Crippen molar-refractivity contribution in [1.82, 2.24) is 10.2 Å². The van der Waals surface area contributed by atoms with Gasteiger partial charge < -0.3 is 10.2 Å². The molecule has 3 rings (SSSR count). The number of amides is 2. The van der Waals surface area contributed by atoms with Crippen LogP contribution in [0.5, 0.6) is 0 Å². The summed E-state index contributed by atoms with van der Waals surface area (Å²) < 4.78 is 36.4. The SMILES string of the molecule is CS(=O)(=O)CCC(NC(=O)c1ccccc1)C(=O)N1CC=C(c2ccc(F)cc2)CC1. The number of halogens is 1. The second-order valence-electron chi connectivity index (χ2n) is 7.58. The Labute approximate surface area is 181 Å². The molecule has 164 valence electrons. The van der Waals surface area contributed by atoms with Gasteiger partial charge in [0.15, 0.2) is 0 Å². The Kier molecular flexibility index (Phi) is 7.22. The van der Waals surface area contributed by atoms with Crippen LogP contribution in [-0.2, 0) is 14.6 Å². The van der Waals surface area contributed by atoms with Crippen molar-refractivity contribution >= 4 is 27.2 Å². The Hall–Kier alpha value is -3.00. The molecule has 1 atom stereocenters. The molecule has 0 radical (unpaired) electrons. The average Bonchev–Trinajstić information content (AvgIpc) is 2.76. The van der Waals surface area contributed by atoms with Crippen LogP contribution >= 0.6 is 0 Å². The molecule has 1 aliphatic heterocycles. The van der Waals surface area contributed by atoms with Crippen LogP contribution in [0, 0.1) is 5.82 Å². The minimum absolute atomic E-state index is 0.00126. The van der Waals surface area contributed by atoms with E-state index in [0.29, 0.717) is 25.1 Å². The smallest absolute Gasteiger partial charge is 0.251 e. The minimum atomic E-state index is -3.30. The monoisotopic (exact) mass is 444 g/mol. The van der Waals surface area contributed by atoms with Crippen molar-refractivity contribution in [3.05, 3.63) is 77.6 Å². The van der Waals surface area contributed by atoms with E-state index in [4.69, 9.17) is 0 Å². The molecule has 2 aromatic rings. The van der Waals surface area contributed by atoms with Crippen LogP contribution in [0.2, 0.25) is 0 Å². The number of carbonyl (C=O) groups is 2. The third kappa shape index (κ3) is 6.49. The number of sulfone groups is 1. The third-order valence-electron chi connectivity index (χ3n) is 5.15. The Bertz CT molecular complexity index is 1070. The highest BCUT2D eigenvalue weighted by Gasteiger charge is 2.28. The first-order chi connectivity index (χ1) is 14.7. The Morgan fingerprint density at radius 1 is 1.10 bits per heavy atom. The van der Waals surface area contributed by atoms with E-state index < -0.39 is 21.8 Å². The van der Waals surface area contributed by atoms with Crippen molar-refractivity contribution in [3.8, 4) is 0 Å². The lowest BCUT2D eigenvalue weighted by Gasteiger charge is -2.30. The molecule has 0 saturated heterocycles. The zero-order valence-corrected chi connectivity index (χ0v) is 18.1. The van der Waals surface area contributed by atoms with Crippen LogP contribution in [-0.4, -0.2) is 56.3 Å². The lowest BCUT2D eigenvalue weighted by atomic mass is 9.99. The molecule has 8 heteroatoms. The molecule has 0 saturated carbocycles. The van der Waals surface area contributed by atoms with E-state index in [1.54, 1.807) is 47.4 Å². The van der Waals surface area contributed by atoms with Gasteiger partial charge in [-0.3, -0.25) is 9.59 Å². The predicted octanol–water partition coefficient (Wildman–Crippen LogP) is 2.67. The first kappa shape index (κ1) is 22.7. The van der Waals surface area contributed by atoms with E-state index in [1.807, 2.05) is 6.08 Å². The Balaban J connectivity index is 1.71. The topological polar surface area (TPSA) is 83.5 Å². The van der Waals surface area contributed by atoms with Gasteiger partial charge in [-0.25, -0.2) is 12.8 Å². The third-order valence-corrected chi connectivity index (χ3v) is 6.13. The maximum absolute atomic E-state index is 13.1. The lowest BCUT2D eigenvalue weighted by Crippen LogP contribution is -2.50. The molecule has 0 spiro atoms. The molecule has 1 N–H and O–H groups in total. The number of hydrogen-bond acceptors (Lipinski definition) is 4. The van der Waals surface area contributed by atoms with Crippen molar-refractivity contribution in [3.63, 3.8) is 0 Å². The van der Waals surface area contributed by atoms with Gasteiger partial charge in [-0.2, -0.15) is 0 Å². The van der Waals surface area contributed by atoms with E-state index in [2.05, 4.69) is 5.32 Å². The second-order valence-corrected chi connectivity index (χ2v) is 9.84. The van der Waals surface area contributed by atoms with Crippen LogP contribution in [0.4, 0.5) is 4.39 Å². The van der Waals surface area contributed by atoms with Crippen LogP contribution in [0.3, 0.4) is 0 Å². The number of rotatable bonds is 7. The van der Waals surface area contributed by atoms with Crippen molar-refractivity contribution in [2.75, 3.05) is 25.1 Å². The van der Waals surface area contributed by atoms with Gasteiger partial charge in [0.05, 0.1) is 5.75 Å². The maximum atomic E-state index is 13.1. The van der Waals surface area contributed by atoms with Gasteiger partial charge >= 0.3 is 0 Å². The molecular formula is C23H25FN2O4S. The van der Waals surface area contributed by atoms with E-state index in [9.17, 15) is 22.4 Å². The number of benzene rings is 2. The summed E-state index contributed by atoms with van der Waals surface area (Å²) in [5, 5.41) is 2.70. The summed E-state index contributed by atoms with van der Waals surface area (Å²) in [6.07, 6.45) is 3.59. The van der Waals surface area contributed by atoms with Gasteiger partial charge in [-0.1, -0.05) is 36.4 Å². The summed E-state index contributed by atoms with van der Waals surface area (Å²) in [4.78, 5) is 27.3. The molecule has 2 aromatic carbocycles. The first-order valence-corrected chi connectivity index (χ1v) is 12.1. The molecule has 1 unspecified atom stereocenters. The largest absolute Gasteiger partial charge is 0.340 e. The molecule has 0 aromatic heterocycles. The van der Waals surface area contributed by atoms with Crippen LogP contribution < -0.4 is 5.32 Å². The van der Waals surface area contributed by atoms with E-state index in [1.165, 1.54) is 12.1 Å². The number of nitrogens with zero attached hydrogens (tertiary/aromatic N) is 1. The Morgan fingerprint density at radius 2 is 1.77 bits per heavy atom. The molecule has 1 heterocycles. The molecule has 0 bridgehead atoms. The Morgan fingerprint density at radius 3 is 2.35 bits per heavy atom. The number of hydrogen-bond donors (Lipinski definition) is 1. The van der Waals surface area contributed by atoms with Gasteiger partial charge in [-0.15, -0.1) is 0 Å². The summed E-state index contributed by atoms with van der Waals surface area (Å²) in [5.41, 5.74) is 2.32. The highest BCUT2D eigenvalue weighted by atomic mass is 32.2. The fraction of sp³-hybridized carbons (Fsp3) is 0.304. The standard InChI is InChI=1S/C23H25FN2O4S/c1-31(29,30)16-13-21(25-22(27)19-5-3-2-4-6-19)23(28)26-14-11-18(12-15-26)17-7-9-20(24)10-8-17/h2-11,21H,12-16H2,1H3,(H,25,27). The van der Waals surface area contributed by atoms with Crippen molar-refractivity contribution in [2.45, 2.75) is 18.9 Å². The molecule has 2 amide bonds. The van der Waals surface area contributed by atoms with Crippen LogP contribution in [0.15, 0.2) is 60.7 Å². The summed E-state index contributed by atoms with van der Waals surface area (Å²) >= 11 is 0. The normalized spacial score (nSPS) is 15.2. The molecule has 0 aliphatic carbocycles. The fourth-order valence-corrected chi connectivity index (χ4v) is 4.10. The minimum Gasteiger partial charge on any atom is -0.340 e. The zero-order valence-electron chi connectivity index (χ0n) is 17.3. The fourth-order valence-electron chi connectivity index (χ4n) is 3.44. The lowest BCUT2D eigenvalue weighted by molar-refractivity contribution is -0.132. The molecule has 31 heavy (non-hydrogen) atoms. The van der Waals surface area contributed by atoms with E-state index in [0.717, 1.165) is 17.4 Å². The van der Waals surface area contributed by atoms with Gasteiger partial charge in [0.1, 0.15) is 21.7 Å². The van der Waals surface area contributed by atoms with Gasteiger partial charge in [0.2, 0.25) is 5.91 Å². The van der Waals surface area contributed by atoms with Gasteiger partial charge in [0, 0.05) is 24.9 Å². The molecule has 6 nitrogen and oxygen atoms in total. The van der Waals surface area contributed by atoms with Crippen molar-refractivity contribution < 1.29 is 22.4 Å². The van der Waals surface area contributed by atoms with Crippen molar-refractivity contribution in [2.24, 2.45) is 0 Å². The molecule has 1 aliphatic rings. The zero-order chi connectivity index (χ0) is 22.4. The number of nitrogens with one attached hydrogen (secondary N) is 1. The van der Waals surface area contributed by atoms with E-state index in [-0.39, 0.29) is 23.9 Å². The highest BCUT2D eigenvalue weighted by Crippen LogP contribution is 2.23. The first-order valence-electron chi connectivity index (χ1n) is 10.0. The molecule has 0 fully saturated rings. The predicted molar refractivity (Wildman–Crippen MR) is 118 cm³/mol. The second kappa shape index (κ2) is 9.87.